The van der Waals surface area contributed by atoms with Gasteiger partial charge in [0, 0.05) is 12.6 Å². The summed E-state index contributed by atoms with van der Waals surface area (Å²) in [5.74, 6) is 0.496. The molecule has 0 bridgehead atoms. The molecule has 0 atom stereocenters. The molecule has 72 valence electrons. The number of aryl methyl sites for hydroxylation is 1. The van der Waals surface area contributed by atoms with Gasteiger partial charge in [0.1, 0.15) is 0 Å². The van der Waals surface area contributed by atoms with Crippen molar-refractivity contribution < 1.29 is 0 Å². The van der Waals surface area contributed by atoms with E-state index in [2.05, 4.69) is 5.10 Å². The highest BCUT2D eigenvalue weighted by molar-refractivity contribution is 6.16. The molecule has 0 radical (unpaired) electrons. The molecule has 0 amide bonds. The summed E-state index contributed by atoms with van der Waals surface area (Å²) in [6.45, 7) is 0. The van der Waals surface area contributed by atoms with Gasteiger partial charge in [-0.05, 0) is 6.07 Å². The zero-order valence-corrected chi connectivity index (χ0v) is 8.70. The van der Waals surface area contributed by atoms with E-state index in [1.54, 1.807) is 0 Å². The van der Waals surface area contributed by atoms with Crippen LogP contribution in [0.1, 0.15) is 5.69 Å². The van der Waals surface area contributed by atoms with Crippen LogP contribution in [0.3, 0.4) is 0 Å². The Balaban J connectivity index is 2.43. The smallest absolute Gasteiger partial charge is 0.0926 e. The molecule has 0 N–H and O–H groups in total. The van der Waals surface area contributed by atoms with Crippen molar-refractivity contribution in [3.05, 3.63) is 42.1 Å². The number of nitrogens with zero attached hydrogens (tertiary/aromatic N) is 2. The molecule has 0 saturated heterocycles. The molecule has 1 heterocycles. The third kappa shape index (κ3) is 1.66. The monoisotopic (exact) mass is 206 g/mol. The van der Waals surface area contributed by atoms with E-state index in [0.29, 0.717) is 5.88 Å². The van der Waals surface area contributed by atoms with Crippen molar-refractivity contribution in [3.8, 4) is 11.3 Å². The summed E-state index contributed by atoms with van der Waals surface area (Å²) < 4.78 is 1.81. The standard InChI is InChI=1S/C11H11ClN2/c1-14-10(8-12)7-11(13-14)9-5-3-2-4-6-9/h2-7H,8H2,1H3. The number of benzene rings is 1. The van der Waals surface area contributed by atoms with Crippen LogP contribution in [0.2, 0.25) is 0 Å². The van der Waals surface area contributed by atoms with Crippen molar-refractivity contribution in [2.75, 3.05) is 0 Å². The van der Waals surface area contributed by atoms with E-state index in [0.717, 1.165) is 17.0 Å². The van der Waals surface area contributed by atoms with Crippen LogP contribution in [-0.2, 0) is 12.9 Å². The second kappa shape index (κ2) is 3.84. The molecule has 0 spiro atoms. The maximum Gasteiger partial charge on any atom is 0.0926 e. The lowest BCUT2D eigenvalue weighted by Gasteiger charge is -1.93. The van der Waals surface area contributed by atoms with Crippen molar-refractivity contribution >= 4 is 11.6 Å². The predicted molar refractivity (Wildman–Crippen MR) is 58.2 cm³/mol. The van der Waals surface area contributed by atoms with Crippen molar-refractivity contribution in [2.24, 2.45) is 7.05 Å². The number of hydrogen-bond donors (Lipinski definition) is 0. The molecule has 3 heteroatoms. The Labute approximate surface area is 88.1 Å². The van der Waals surface area contributed by atoms with Crippen LogP contribution in [0.5, 0.6) is 0 Å². The van der Waals surface area contributed by atoms with Crippen molar-refractivity contribution in [2.45, 2.75) is 5.88 Å². The van der Waals surface area contributed by atoms with Gasteiger partial charge in [0.15, 0.2) is 0 Å². The van der Waals surface area contributed by atoms with Crippen LogP contribution < -0.4 is 0 Å². The molecule has 1 aromatic carbocycles. The number of alkyl halides is 1. The zero-order valence-electron chi connectivity index (χ0n) is 7.94. The molecule has 2 aromatic rings. The molecular weight excluding hydrogens is 196 g/mol. The highest BCUT2D eigenvalue weighted by Gasteiger charge is 2.04. The summed E-state index contributed by atoms with van der Waals surface area (Å²) in [6.07, 6.45) is 0. The van der Waals surface area contributed by atoms with E-state index < -0.39 is 0 Å². The molecule has 0 unspecified atom stereocenters. The Morgan fingerprint density at radius 1 is 1.29 bits per heavy atom. The second-order valence-electron chi connectivity index (χ2n) is 3.14. The van der Waals surface area contributed by atoms with Gasteiger partial charge >= 0.3 is 0 Å². The molecule has 2 rings (SSSR count). The SMILES string of the molecule is Cn1nc(-c2ccccc2)cc1CCl. The van der Waals surface area contributed by atoms with E-state index in [1.165, 1.54) is 0 Å². The van der Waals surface area contributed by atoms with E-state index in [9.17, 15) is 0 Å². The topological polar surface area (TPSA) is 17.8 Å². The van der Waals surface area contributed by atoms with Crippen LogP contribution >= 0.6 is 11.6 Å². The fourth-order valence-corrected chi connectivity index (χ4v) is 1.63. The Kier molecular flexibility index (Phi) is 2.55. The first kappa shape index (κ1) is 9.28. The summed E-state index contributed by atoms with van der Waals surface area (Å²) in [7, 11) is 1.91. The largest absolute Gasteiger partial charge is 0.271 e. The number of hydrogen-bond acceptors (Lipinski definition) is 1. The highest BCUT2D eigenvalue weighted by atomic mass is 35.5. The Morgan fingerprint density at radius 3 is 2.57 bits per heavy atom. The van der Waals surface area contributed by atoms with Crippen LogP contribution in [0.25, 0.3) is 11.3 Å². The average Bonchev–Trinajstić information content (AvgIpc) is 2.61. The number of aromatic nitrogens is 2. The zero-order chi connectivity index (χ0) is 9.97. The molecule has 0 fully saturated rings. The summed E-state index contributed by atoms with van der Waals surface area (Å²) in [5.41, 5.74) is 3.13. The van der Waals surface area contributed by atoms with Gasteiger partial charge < -0.3 is 0 Å². The summed E-state index contributed by atoms with van der Waals surface area (Å²) in [5, 5.41) is 4.38. The minimum absolute atomic E-state index is 0.496. The fourth-order valence-electron chi connectivity index (χ4n) is 1.38. The molecular formula is C11H11ClN2. The van der Waals surface area contributed by atoms with Gasteiger partial charge in [-0.15, -0.1) is 11.6 Å². The van der Waals surface area contributed by atoms with Crippen LogP contribution in [0.15, 0.2) is 36.4 Å². The van der Waals surface area contributed by atoms with Crippen molar-refractivity contribution in [3.63, 3.8) is 0 Å². The molecule has 2 nitrogen and oxygen atoms in total. The first-order valence-corrected chi connectivity index (χ1v) is 4.99. The number of rotatable bonds is 2. The van der Waals surface area contributed by atoms with E-state index in [1.807, 2.05) is 48.1 Å². The van der Waals surface area contributed by atoms with Crippen molar-refractivity contribution in [1.29, 1.82) is 0 Å². The average molecular weight is 207 g/mol. The van der Waals surface area contributed by atoms with E-state index in [-0.39, 0.29) is 0 Å². The maximum absolute atomic E-state index is 5.77. The normalized spacial score (nSPS) is 10.4. The number of halogens is 1. The molecule has 0 aliphatic heterocycles. The minimum Gasteiger partial charge on any atom is -0.271 e. The molecule has 14 heavy (non-hydrogen) atoms. The quantitative estimate of drug-likeness (QED) is 0.691. The van der Waals surface area contributed by atoms with Crippen LogP contribution in [0, 0.1) is 0 Å². The lowest BCUT2D eigenvalue weighted by molar-refractivity contribution is 0.737. The van der Waals surface area contributed by atoms with Gasteiger partial charge in [-0.3, -0.25) is 4.68 Å². The fraction of sp³-hybridized carbons (Fsp3) is 0.182. The third-order valence-electron chi connectivity index (χ3n) is 2.18. The Morgan fingerprint density at radius 2 is 2.00 bits per heavy atom. The summed E-state index contributed by atoms with van der Waals surface area (Å²) >= 11 is 5.77. The molecule has 1 aromatic heterocycles. The lowest BCUT2D eigenvalue weighted by Crippen LogP contribution is -1.94. The Bertz CT molecular complexity index is 420. The van der Waals surface area contributed by atoms with Gasteiger partial charge in [0.05, 0.1) is 17.3 Å². The highest BCUT2D eigenvalue weighted by Crippen LogP contribution is 2.18. The molecule has 0 aliphatic carbocycles. The van der Waals surface area contributed by atoms with Gasteiger partial charge in [-0.25, -0.2) is 0 Å². The van der Waals surface area contributed by atoms with Crippen LogP contribution in [0.4, 0.5) is 0 Å². The lowest BCUT2D eigenvalue weighted by atomic mass is 10.1. The van der Waals surface area contributed by atoms with Gasteiger partial charge in [0.25, 0.3) is 0 Å². The molecule has 0 saturated carbocycles. The van der Waals surface area contributed by atoms with Gasteiger partial charge in [-0.2, -0.15) is 5.10 Å². The second-order valence-corrected chi connectivity index (χ2v) is 3.41. The molecule has 0 aliphatic rings. The minimum atomic E-state index is 0.496. The van der Waals surface area contributed by atoms with Crippen LogP contribution in [-0.4, -0.2) is 9.78 Å². The maximum atomic E-state index is 5.77. The summed E-state index contributed by atoms with van der Waals surface area (Å²) in [6, 6.07) is 12.1. The van der Waals surface area contributed by atoms with E-state index in [4.69, 9.17) is 11.6 Å². The summed E-state index contributed by atoms with van der Waals surface area (Å²) in [4.78, 5) is 0. The Hall–Kier alpha value is -1.28. The van der Waals surface area contributed by atoms with Gasteiger partial charge in [-0.1, -0.05) is 30.3 Å². The first-order chi connectivity index (χ1) is 6.81. The van der Waals surface area contributed by atoms with Crippen molar-refractivity contribution in [1.82, 2.24) is 9.78 Å². The van der Waals surface area contributed by atoms with Gasteiger partial charge in [0.2, 0.25) is 0 Å². The van der Waals surface area contributed by atoms with E-state index >= 15 is 0 Å². The first-order valence-electron chi connectivity index (χ1n) is 4.45. The predicted octanol–water partition coefficient (Wildman–Crippen LogP) is 2.83. The third-order valence-corrected chi connectivity index (χ3v) is 2.46.